The molecule has 0 amide bonds. The van der Waals surface area contributed by atoms with Crippen molar-refractivity contribution in [3.8, 4) is 5.75 Å². The molecule has 1 aliphatic heterocycles. The van der Waals surface area contributed by atoms with Gasteiger partial charge in [0.1, 0.15) is 5.75 Å². The Bertz CT molecular complexity index is 494. The molecule has 0 fully saturated rings. The zero-order chi connectivity index (χ0) is 16.2. The number of rotatable bonds is 7. The standard InChI is InChI=1S/C15H26O5Si2/c1-16-22(17-2,18-3)10-6-7-13-8-9-15-14(11-13)12-19-21(4,5)20-15/h8-9,11H,6-7,10,12H2,1-5H3. The topological polar surface area (TPSA) is 46.2 Å². The highest BCUT2D eigenvalue weighted by atomic mass is 28.4. The van der Waals surface area contributed by atoms with E-state index in [0.717, 1.165) is 30.2 Å². The fraction of sp³-hybridized carbons (Fsp3) is 0.600. The van der Waals surface area contributed by atoms with Crippen LogP contribution in [0.5, 0.6) is 5.75 Å². The van der Waals surface area contributed by atoms with Crippen molar-refractivity contribution in [2.24, 2.45) is 0 Å². The van der Waals surface area contributed by atoms with Crippen LogP contribution in [0.1, 0.15) is 17.5 Å². The fourth-order valence-electron chi connectivity index (χ4n) is 2.61. The number of hydrogen-bond acceptors (Lipinski definition) is 5. The second kappa shape index (κ2) is 7.24. The molecule has 0 saturated carbocycles. The lowest BCUT2D eigenvalue weighted by Gasteiger charge is -2.30. The summed E-state index contributed by atoms with van der Waals surface area (Å²) in [5, 5.41) is 0. The van der Waals surface area contributed by atoms with Crippen molar-refractivity contribution in [2.75, 3.05) is 21.3 Å². The molecule has 0 aliphatic carbocycles. The molecule has 0 N–H and O–H groups in total. The summed E-state index contributed by atoms with van der Waals surface area (Å²) in [5.41, 5.74) is 2.41. The van der Waals surface area contributed by atoms with E-state index < -0.39 is 17.4 Å². The Morgan fingerprint density at radius 3 is 2.45 bits per heavy atom. The van der Waals surface area contributed by atoms with Gasteiger partial charge in [-0.1, -0.05) is 6.07 Å². The Morgan fingerprint density at radius 1 is 1.14 bits per heavy atom. The predicted octanol–water partition coefficient (Wildman–Crippen LogP) is 3.11. The first kappa shape index (κ1) is 17.6. The highest BCUT2D eigenvalue weighted by Crippen LogP contribution is 2.30. The zero-order valence-corrected chi connectivity index (χ0v) is 16.1. The third-order valence-electron chi connectivity index (χ3n) is 3.94. The van der Waals surface area contributed by atoms with Gasteiger partial charge in [-0.15, -0.1) is 0 Å². The van der Waals surface area contributed by atoms with E-state index in [1.54, 1.807) is 21.3 Å². The number of benzene rings is 1. The summed E-state index contributed by atoms with van der Waals surface area (Å²) in [4.78, 5) is 0. The van der Waals surface area contributed by atoms with Crippen LogP contribution < -0.4 is 4.43 Å². The van der Waals surface area contributed by atoms with Crippen molar-refractivity contribution >= 4 is 17.4 Å². The van der Waals surface area contributed by atoms with Gasteiger partial charge in [-0.3, -0.25) is 0 Å². The Balaban J connectivity index is 1.95. The molecule has 0 spiro atoms. The molecule has 1 aliphatic rings. The van der Waals surface area contributed by atoms with E-state index in [1.165, 1.54) is 5.56 Å². The molecule has 2 rings (SSSR count). The summed E-state index contributed by atoms with van der Waals surface area (Å²) in [7, 11) is 0.523. The largest absolute Gasteiger partial charge is 0.520 e. The highest BCUT2D eigenvalue weighted by Gasteiger charge is 2.37. The smallest absolute Gasteiger partial charge is 0.500 e. The van der Waals surface area contributed by atoms with Gasteiger partial charge in [0.25, 0.3) is 0 Å². The molecule has 1 heterocycles. The molecule has 0 unspecified atom stereocenters. The summed E-state index contributed by atoms with van der Waals surface area (Å²) < 4.78 is 28.1. The van der Waals surface area contributed by atoms with E-state index in [2.05, 4.69) is 31.3 Å². The van der Waals surface area contributed by atoms with Crippen molar-refractivity contribution in [3.05, 3.63) is 29.3 Å². The average Bonchev–Trinajstić information content (AvgIpc) is 2.51. The molecule has 0 atom stereocenters. The quantitative estimate of drug-likeness (QED) is 0.713. The molecule has 7 heteroatoms. The Morgan fingerprint density at radius 2 is 1.82 bits per heavy atom. The van der Waals surface area contributed by atoms with Crippen molar-refractivity contribution in [2.45, 2.75) is 38.6 Å². The second-order valence-electron chi connectivity index (χ2n) is 5.88. The van der Waals surface area contributed by atoms with E-state index in [0.29, 0.717) is 6.61 Å². The average molecular weight is 343 g/mol. The van der Waals surface area contributed by atoms with Crippen molar-refractivity contribution in [3.63, 3.8) is 0 Å². The first-order valence-corrected chi connectivity index (χ1v) is 12.3. The minimum Gasteiger partial charge on any atom is -0.520 e. The molecule has 22 heavy (non-hydrogen) atoms. The third-order valence-corrected chi connectivity index (χ3v) is 8.32. The third kappa shape index (κ3) is 4.18. The summed E-state index contributed by atoms with van der Waals surface area (Å²) in [5.74, 6) is 0.973. The Kier molecular flexibility index (Phi) is 5.81. The second-order valence-corrected chi connectivity index (χ2v) is 12.3. The van der Waals surface area contributed by atoms with Gasteiger partial charge in [0.15, 0.2) is 0 Å². The lowest BCUT2D eigenvalue weighted by molar-refractivity contribution is 0.123. The first-order valence-electron chi connectivity index (χ1n) is 7.54. The lowest BCUT2D eigenvalue weighted by Crippen LogP contribution is -2.42. The van der Waals surface area contributed by atoms with Crippen LogP contribution in [0.15, 0.2) is 18.2 Å². The van der Waals surface area contributed by atoms with E-state index in [4.69, 9.17) is 22.1 Å². The molecule has 0 saturated heterocycles. The van der Waals surface area contributed by atoms with Gasteiger partial charge in [0.05, 0.1) is 6.61 Å². The molecule has 124 valence electrons. The normalized spacial score (nSPS) is 17.0. The van der Waals surface area contributed by atoms with Crippen molar-refractivity contribution < 1.29 is 22.1 Å². The van der Waals surface area contributed by atoms with Crippen LogP contribution in [0.3, 0.4) is 0 Å². The highest BCUT2D eigenvalue weighted by molar-refractivity contribution is 6.65. The summed E-state index contributed by atoms with van der Waals surface area (Å²) in [6.45, 7) is 4.78. The minimum atomic E-state index is -2.46. The summed E-state index contributed by atoms with van der Waals surface area (Å²) in [6.07, 6.45) is 1.92. The van der Waals surface area contributed by atoms with Crippen LogP contribution >= 0.6 is 0 Å². The van der Waals surface area contributed by atoms with Crippen LogP contribution in [-0.4, -0.2) is 38.7 Å². The molecule has 1 aromatic rings. The van der Waals surface area contributed by atoms with Crippen molar-refractivity contribution in [1.82, 2.24) is 0 Å². The van der Waals surface area contributed by atoms with Gasteiger partial charge < -0.3 is 22.1 Å². The van der Waals surface area contributed by atoms with E-state index in [9.17, 15) is 0 Å². The molecule has 0 radical (unpaired) electrons. The fourth-order valence-corrected chi connectivity index (χ4v) is 5.62. The Labute approximate surface area is 135 Å². The number of hydrogen-bond donors (Lipinski definition) is 0. The summed E-state index contributed by atoms with van der Waals surface area (Å²) in [6, 6.07) is 7.18. The molecule has 1 aromatic carbocycles. The van der Waals surface area contributed by atoms with Gasteiger partial charge in [0, 0.05) is 32.9 Å². The molecular weight excluding hydrogens is 316 g/mol. The SMILES string of the molecule is CO[Si](CCCc1ccc2c(c1)CO[Si](C)(C)O2)(OC)OC. The zero-order valence-electron chi connectivity index (χ0n) is 14.1. The number of fused-ring (bicyclic) bond motifs is 1. The lowest BCUT2D eigenvalue weighted by atomic mass is 10.1. The molecule has 0 bridgehead atoms. The van der Waals surface area contributed by atoms with Crippen LogP contribution in [0.25, 0.3) is 0 Å². The Hall–Kier alpha value is -0.706. The maximum absolute atomic E-state index is 5.95. The van der Waals surface area contributed by atoms with Crippen LogP contribution in [0.2, 0.25) is 19.1 Å². The molecular formula is C15H26O5Si2. The van der Waals surface area contributed by atoms with Gasteiger partial charge in [0.2, 0.25) is 0 Å². The maximum Gasteiger partial charge on any atom is 0.500 e. The van der Waals surface area contributed by atoms with Gasteiger partial charge in [-0.05, 0) is 43.6 Å². The predicted molar refractivity (Wildman–Crippen MR) is 89.3 cm³/mol. The monoisotopic (exact) mass is 342 g/mol. The minimum absolute atomic E-state index is 0.648. The summed E-state index contributed by atoms with van der Waals surface area (Å²) >= 11 is 0. The van der Waals surface area contributed by atoms with Crippen molar-refractivity contribution in [1.29, 1.82) is 0 Å². The van der Waals surface area contributed by atoms with Gasteiger partial charge in [-0.25, -0.2) is 0 Å². The van der Waals surface area contributed by atoms with Crippen LogP contribution in [0.4, 0.5) is 0 Å². The van der Waals surface area contributed by atoms with E-state index in [-0.39, 0.29) is 0 Å². The van der Waals surface area contributed by atoms with Crippen LogP contribution in [-0.2, 0) is 30.7 Å². The van der Waals surface area contributed by atoms with Gasteiger partial charge >= 0.3 is 17.4 Å². The van der Waals surface area contributed by atoms with Crippen LogP contribution in [0, 0.1) is 0 Å². The molecule has 0 aromatic heterocycles. The number of aryl methyl sites for hydroxylation is 1. The van der Waals surface area contributed by atoms with Gasteiger partial charge in [-0.2, -0.15) is 0 Å². The van der Waals surface area contributed by atoms with E-state index in [1.807, 2.05) is 0 Å². The maximum atomic E-state index is 5.95. The molecule has 5 nitrogen and oxygen atoms in total. The van der Waals surface area contributed by atoms with E-state index >= 15 is 0 Å². The first-order chi connectivity index (χ1) is 10.4.